The van der Waals surface area contributed by atoms with Crippen molar-refractivity contribution in [2.75, 3.05) is 0 Å². The molecule has 1 aromatic heterocycles. The average molecular weight is 257 g/mol. The Morgan fingerprint density at radius 2 is 1.89 bits per heavy atom. The summed E-state index contributed by atoms with van der Waals surface area (Å²) >= 11 is 0. The van der Waals surface area contributed by atoms with Gasteiger partial charge in [0.2, 0.25) is 5.88 Å². The molecule has 0 aliphatic rings. The van der Waals surface area contributed by atoms with Gasteiger partial charge in [-0.15, -0.1) is 0 Å². The normalized spacial score (nSPS) is 12.2. The standard InChI is InChI=1S/C16H19NO2/c1-3-15(18)14-9-10-16(17-12(14)2)19-11-13-7-5-4-6-8-13/h4-10,15,18H,3,11H2,1-2H3/t15-/m0/s1. The Morgan fingerprint density at radius 3 is 2.53 bits per heavy atom. The van der Waals surface area contributed by atoms with E-state index in [1.807, 2.05) is 56.3 Å². The van der Waals surface area contributed by atoms with E-state index in [0.717, 1.165) is 16.8 Å². The Balaban J connectivity index is 2.04. The van der Waals surface area contributed by atoms with Crippen LogP contribution in [0.3, 0.4) is 0 Å². The molecule has 1 atom stereocenters. The second kappa shape index (κ2) is 6.34. The summed E-state index contributed by atoms with van der Waals surface area (Å²) in [5.74, 6) is 0.591. The fourth-order valence-electron chi connectivity index (χ4n) is 1.93. The minimum atomic E-state index is -0.448. The van der Waals surface area contributed by atoms with Crippen molar-refractivity contribution in [2.24, 2.45) is 0 Å². The first-order valence-corrected chi connectivity index (χ1v) is 6.53. The molecule has 3 nitrogen and oxygen atoms in total. The lowest BCUT2D eigenvalue weighted by Gasteiger charge is -2.12. The molecule has 100 valence electrons. The molecule has 0 aliphatic carbocycles. The highest BCUT2D eigenvalue weighted by Gasteiger charge is 2.10. The number of aliphatic hydroxyl groups is 1. The summed E-state index contributed by atoms with van der Waals surface area (Å²) < 4.78 is 5.65. The molecule has 19 heavy (non-hydrogen) atoms. The maximum absolute atomic E-state index is 9.83. The zero-order valence-electron chi connectivity index (χ0n) is 11.3. The van der Waals surface area contributed by atoms with Crippen LogP contribution in [0.2, 0.25) is 0 Å². The topological polar surface area (TPSA) is 42.4 Å². The van der Waals surface area contributed by atoms with Crippen molar-refractivity contribution in [3.8, 4) is 5.88 Å². The highest BCUT2D eigenvalue weighted by molar-refractivity contribution is 5.27. The molecule has 0 fully saturated rings. The highest BCUT2D eigenvalue weighted by Crippen LogP contribution is 2.21. The van der Waals surface area contributed by atoms with Gasteiger partial charge in [-0.25, -0.2) is 4.98 Å². The van der Waals surface area contributed by atoms with Gasteiger partial charge in [0.25, 0.3) is 0 Å². The first kappa shape index (κ1) is 13.6. The van der Waals surface area contributed by atoms with Gasteiger partial charge in [-0.3, -0.25) is 0 Å². The Morgan fingerprint density at radius 1 is 1.16 bits per heavy atom. The minimum absolute atomic E-state index is 0.448. The number of nitrogens with zero attached hydrogens (tertiary/aromatic N) is 1. The van der Waals surface area contributed by atoms with Crippen LogP contribution in [0.1, 0.15) is 36.3 Å². The number of hydrogen-bond acceptors (Lipinski definition) is 3. The van der Waals surface area contributed by atoms with E-state index in [2.05, 4.69) is 4.98 Å². The molecule has 1 heterocycles. The molecule has 0 radical (unpaired) electrons. The predicted molar refractivity (Wildman–Crippen MR) is 75.0 cm³/mol. The number of aliphatic hydroxyl groups excluding tert-OH is 1. The summed E-state index contributed by atoms with van der Waals surface area (Å²) in [6.07, 6.45) is 0.239. The van der Waals surface area contributed by atoms with E-state index >= 15 is 0 Å². The van der Waals surface area contributed by atoms with Gasteiger partial charge in [0.15, 0.2) is 0 Å². The van der Waals surface area contributed by atoms with Crippen molar-refractivity contribution in [3.63, 3.8) is 0 Å². The third kappa shape index (κ3) is 3.55. The van der Waals surface area contributed by atoms with Gasteiger partial charge in [-0.05, 0) is 25.0 Å². The molecule has 0 amide bonds. The van der Waals surface area contributed by atoms with Crippen LogP contribution in [-0.2, 0) is 6.61 Å². The van der Waals surface area contributed by atoms with Crippen molar-refractivity contribution < 1.29 is 9.84 Å². The molecule has 0 saturated heterocycles. The maximum atomic E-state index is 9.83. The van der Waals surface area contributed by atoms with Crippen molar-refractivity contribution in [1.29, 1.82) is 0 Å². The van der Waals surface area contributed by atoms with Crippen molar-refractivity contribution in [1.82, 2.24) is 4.98 Å². The summed E-state index contributed by atoms with van der Waals surface area (Å²) in [7, 11) is 0. The van der Waals surface area contributed by atoms with Gasteiger partial charge in [-0.1, -0.05) is 37.3 Å². The number of rotatable bonds is 5. The molecule has 0 spiro atoms. The third-order valence-electron chi connectivity index (χ3n) is 3.08. The molecule has 0 bridgehead atoms. The molecule has 3 heteroatoms. The fraction of sp³-hybridized carbons (Fsp3) is 0.312. The smallest absolute Gasteiger partial charge is 0.213 e. The predicted octanol–water partition coefficient (Wildman–Crippen LogP) is 3.41. The number of aromatic nitrogens is 1. The van der Waals surface area contributed by atoms with Crippen LogP contribution in [-0.4, -0.2) is 10.1 Å². The summed E-state index contributed by atoms with van der Waals surface area (Å²) in [6.45, 7) is 4.34. The van der Waals surface area contributed by atoms with Crippen LogP contribution in [0.5, 0.6) is 5.88 Å². The Bertz CT molecular complexity index is 526. The molecular weight excluding hydrogens is 238 g/mol. The van der Waals surface area contributed by atoms with E-state index in [1.165, 1.54) is 0 Å². The zero-order valence-corrected chi connectivity index (χ0v) is 11.3. The number of ether oxygens (including phenoxy) is 1. The molecule has 0 aliphatic heterocycles. The van der Waals surface area contributed by atoms with Crippen molar-refractivity contribution in [3.05, 3.63) is 59.3 Å². The van der Waals surface area contributed by atoms with Gasteiger partial charge < -0.3 is 9.84 Å². The minimum Gasteiger partial charge on any atom is -0.473 e. The lowest BCUT2D eigenvalue weighted by atomic mass is 10.1. The van der Waals surface area contributed by atoms with E-state index in [-0.39, 0.29) is 0 Å². The Hall–Kier alpha value is -1.87. The summed E-state index contributed by atoms with van der Waals surface area (Å²) in [5.41, 5.74) is 2.80. The van der Waals surface area contributed by atoms with Gasteiger partial charge in [0.1, 0.15) is 6.61 Å². The van der Waals surface area contributed by atoms with Crippen LogP contribution >= 0.6 is 0 Å². The second-order valence-corrected chi connectivity index (χ2v) is 4.52. The van der Waals surface area contributed by atoms with Gasteiger partial charge >= 0.3 is 0 Å². The first-order chi connectivity index (χ1) is 9.20. The van der Waals surface area contributed by atoms with E-state index in [1.54, 1.807) is 0 Å². The van der Waals surface area contributed by atoms with E-state index in [4.69, 9.17) is 4.74 Å². The van der Waals surface area contributed by atoms with Crippen LogP contribution in [0, 0.1) is 6.92 Å². The average Bonchev–Trinajstić information content (AvgIpc) is 2.45. The summed E-state index contributed by atoms with van der Waals surface area (Å²) in [4.78, 5) is 4.38. The third-order valence-corrected chi connectivity index (χ3v) is 3.08. The van der Waals surface area contributed by atoms with Crippen LogP contribution in [0.25, 0.3) is 0 Å². The van der Waals surface area contributed by atoms with E-state index in [0.29, 0.717) is 18.9 Å². The molecular formula is C16H19NO2. The highest BCUT2D eigenvalue weighted by atomic mass is 16.5. The number of pyridine rings is 1. The quantitative estimate of drug-likeness (QED) is 0.892. The molecule has 0 saturated carbocycles. The van der Waals surface area contributed by atoms with Crippen LogP contribution < -0.4 is 4.74 Å². The fourth-order valence-corrected chi connectivity index (χ4v) is 1.93. The molecule has 2 aromatic rings. The second-order valence-electron chi connectivity index (χ2n) is 4.52. The lowest BCUT2D eigenvalue weighted by Crippen LogP contribution is -2.03. The molecule has 0 unspecified atom stereocenters. The SMILES string of the molecule is CC[C@H](O)c1ccc(OCc2ccccc2)nc1C. The Kier molecular flexibility index (Phi) is 4.53. The number of hydrogen-bond donors (Lipinski definition) is 1. The lowest BCUT2D eigenvalue weighted by molar-refractivity contribution is 0.172. The number of aryl methyl sites for hydroxylation is 1. The van der Waals surface area contributed by atoms with Crippen molar-refractivity contribution >= 4 is 0 Å². The molecule has 1 N–H and O–H groups in total. The monoisotopic (exact) mass is 257 g/mol. The Labute approximate surface area is 113 Å². The summed E-state index contributed by atoms with van der Waals surface area (Å²) in [5, 5.41) is 9.83. The zero-order chi connectivity index (χ0) is 13.7. The van der Waals surface area contributed by atoms with Gasteiger partial charge in [0.05, 0.1) is 6.10 Å². The summed E-state index contributed by atoms with van der Waals surface area (Å²) in [6, 6.07) is 13.7. The van der Waals surface area contributed by atoms with E-state index in [9.17, 15) is 5.11 Å². The van der Waals surface area contributed by atoms with Crippen molar-refractivity contribution in [2.45, 2.75) is 33.0 Å². The van der Waals surface area contributed by atoms with Gasteiger partial charge in [0, 0.05) is 17.3 Å². The first-order valence-electron chi connectivity index (χ1n) is 6.53. The largest absolute Gasteiger partial charge is 0.473 e. The molecule has 1 aromatic carbocycles. The van der Waals surface area contributed by atoms with E-state index < -0.39 is 6.10 Å². The molecule has 2 rings (SSSR count). The maximum Gasteiger partial charge on any atom is 0.213 e. The van der Waals surface area contributed by atoms with Gasteiger partial charge in [-0.2, -0.15) is 0 Å². The van der Waals surface area contributed by atoms with Crippen LogP contribution in [0.15, 0.2) is 42.5 Å². The van der Waals surface area contributed by atoms with Crippen LogP contribution in [0.4, 0.5) is 0 Å². The number of benzene rings is 1.